The van der Waals surface area contributed by atoms with Crippen molar-refractivity contribution in [1.29, 1.82) is 0 Å². The number of ether oxygens (including phenoxy) is 1. The van der Waals surface area contributed by atoms with E-state index in [9.17, 15) is 4.39 Å². The number of hydrogen-bond acceptors (Lipinski definition) is 6. The van der Waals surface area contributed by atoms with Crippen molar-refractivity contribution >= 4 is 11.5 Å². The molecule has 0 radical (unpaired) electrons. The van der Waals surface area contributed by atoms with Crippen molar-refractivity contribution in [3.8, 4) is 16.9 Å². The van der Waals surface area contributed by atoms with Crippen LogP contribution < -0.4 is 10.1 Å². The maximum atomic E-state index is 14.4. The first-order chi connectivity index (χ1) is 14.7. The van der Waals surface area contributed by atoms with E-state index < -0.39 is 0 Å². The zero-order valence-electron chi connectivity index (χ0n) is 16.2. The highest BCUT2D eigenvalue weighted by molar-refractivity contribution is 5.79. The number of nitrogens with zero attached hydrogens (tertiary/aromatic N) is 4. The number of benzene rings is 1. The number of aliphatic hydroxyl groups excluding tert-OH is 1. The van der Waals surface area contributed by atoms with Crippen LogP contribution in [0.15, 0.2) is 49.2 Å². The minimum atomic E-state index is -0.251. The summed E-state index contributed by atoms with van der Waals surface area (Å²) in [5.74, 6) is 1.08. The van der Waals surface area contributed by atoms with Gasteiger partial charge in [0, 0.05) is 66.3 Å². The van der Waals surface area contributed by atoms with E-state index in [-0.39, 0.29) is 12.4 Å². The minimum Gasteiger partial charge on any atom is -0.493 e. The molecule has 0 amide bonds. The van der Waals surface area contributed by atoms with E-state index in [0.29, 0.717) is 37.5 Å². The molecule has 0 aliphatic carbocycles. The molecule has 152 valence electrons. The lowest BCUT2D eigenvalue weighted by Crippen LogP contribution is -2.09. The van der Waals surface area contributed by atoms with Crippen LogP contribution in [-0.4, -0.2) is 37.7 Å². The molecule has 0 spiro atoms. The normalized spacial score (nSPS) is 12.7. The van der Waals surface area contributed by atoms with Gasteiger partial charge in [0.1, 0.15) is 17.9 Å². The maximum absolute atomic E-state index is 14.4. The number of halogens is 1. The predicted molar refractivity (Wildman–Crippen MR) is 110 cm³/mol. The summed E-state index contributed by atoms with van der Waals surface area (Å²) in [6.07, 6.45) is 8.20. The van der Waals surface area contributed by atoms with Gasteiger partial charge in [0.25, 0.3) is 0 Å². The van der Waals surface area contributed by atoms with Crippen LogP contribution >= 0.6 is 0 Å². The summed E-state index contributed by atoms with van der Waals surface area (Å²) in [6.45, 7) is 0.948. The molecule has 0 bridgehead atoms. The highest BCUT2D eigenvalue weighted by Crippen LogP contribution is 2.31. The average molecular weight is 405 g/mol. The predicted octanol–water partition coefficient (Wildman–Crippen LogP) is 3.01. The fourth-order valence-electron chi connectivity index (χ4n) is 3.79. The Balaban J connectivity index is 1.44. The Labute approximate surface area is 172 Å². The lowest BCUT2D eigenvalue weighted by molar-refractivity contribution is 0.298. The fraction of sp³-hybridized carbons (Fsp3) is 0.227. The third kappa shape index (κ3) is 3.25. The van der Waals surface area contributed by atoms with Crippen LogP contribution in [0.25, 0.3) is 16.6 Å². The first-order valence-electron chi connectivity index (χ1n) is 9.79. The number of anilines is 1. The number of aromatic nitrogens is 4. The molecular weight excluding hydrogens is 385 g/mol. The second kappa shape index (κ2) is 7.72. The van der Waals surface area contributed by atoms with Crippen LogP contribution in [0, 0.1) is 5.82 Å². The molecule has 0 unspecified atom stereocenters. The lowest BCUT2D eigenvalue weighted by atomic mass is 10.0. The largest absolute Gasteiger partial charge is 0.493 e. The summed E-state index contributed by atoms with van der Waals surface area (Å²) in [5, 5.41) is 12.3. The van der Waals surface area contributed by atoms with E-state index in [0.717, 1.165) is 33.7 Å². The highest BCUT2D eigenvalue weighted by atomic mass is 19.1. The van der Waals surface area contributed by atoms with Crippen LogP contribution in [-0.2, 0) is 19.4 Å². The van der Waals surface area contributed by atoms with Crippen LogP contribution in [0.2, 0.25) is 0 Å². The van der Waals surface area contributed by atoms with Crippen LogP contribution in [0.4, 0.5) is 10.3 Å². The molecule has 7 nitrogen and oxygen atoms in total. The Kier molecular flexibility index (Phi) is 4.76. The molecular formula is C22H20FN5O2. The molecule has 3 aromatic heterocycles. The Hall–Kier alpha value is -3.52. The van der Waals surface area contributed by atoms with Crippen molar-refractivity contribution in [1.82, 2.24) is 19.4 Å². The van der Waals surface area contributed by atoms with Gasteiger partial charge in [0.05, 0.1) is 18.3 Å². The second-order valence-electron chi connectivity index (χ2n) is 7.11. The molecule has 30 heavy (non-hydrogen) atoms. The number of hydrogen-bond donors (Lipinski definition) is 2. The maximum Gasteiger partial charge on any atom is 0.208 e. The van der Waals surface area contributed by atoms with E-state index in [4.69, 9.17) is 9.84 Å². The van der Waals surface area contributed by atoms with Crippen LogP contribution in [0.5, 0.6) is 5.75 Å². The molecule has 5 rings (SSSR count). The van der Waals surface area contributed by atoms with E-state index in [1.165, 1.54) is 6.07 Å². The summed E-state index contributed by atoms with van der Waals surface area (Å²) < 4.78 is 21.8. The minimum absolute atomic E-state index is 0.0679. The second-order valence-corrected chi connectivity index (χ2v) is 7.11. The average Bonchev–Trinajstić information content (AvgIpc) is 3.44. The van der Waals surface area contributed by atoms with Crippen molar-refractivity contribution in [3.05, 3.63) is 71.8 Å². The van der Waals surface area contributed by atoms with Gasteiger partial charge in [0.2, 0.25) is 5.95 Å². The number of fused-ring (bicyclic) bond motifs is 2. The fourth-order valence-corrected chi connectivity index (χ4v) is 3.79. The monoisotopic (exact) mass is 405 g/mol. The number of pyridine rings is 1. The first-order valence-corrected chi connectivity index (χ1v) is 9.79. The molecule has 1 aliphatic heterocycles. The molecule has 0 saturated heterocycles. The van der Waals surface area contributed by atoms with Gasteiger partial charge in [0.15, 0.2) is 0 Å². The highest BCUT2D eigenvalue weighted by Gasteiger charge is 2.20. The Morgan fingerprint density at radius 2 is 2.07 bits per heavy atom. The van der Waals surface area contributed by atoms with E-state index in [1.54, 1.807) is 31.0 Å². The van der Waals surface area contributed by atoms with Gasteiger partial charge in [-0.1, -0.05) is 6.07 Å². The van der Waals surface area contributed by atoms with Gasteiger partial charge in [-0.05, 0) is 18.2 Å². The van der Waals surface area contributed by atoms with Crippen molar-refractivity contribution in [2.75, 3.05) is 18.5 Å². The van der Waals surface area contributed by atoms with Gasteiger partial charge >= 0.3 is 0 Å². The Morgan fingerprint density at radius 1 is 1.13 bits per heavy atom. The standard InChI is InChI=1S/C22H20FN5O2/c23-19-3-4-21-16(6-8-30-21)18(19)11-27-22-26-10-17(20-12-24-13-28(20)22)14-1-2-15(5-7-29)25-9-14/h1-4,9-10,12-13,29H,5-8,11H2,(H,26,27). The smallest absolute Gasteiger partial charge is 0.208 e. The van der Waals surface area contributed by atoms with Crippen molar-refractivity contribution in [2.24, 2.45) is 0 Å². The van der Waals surface area contributed by atoms with Crippen LogP contribution in [0.1, 0.15) is 16.8 Å². The van der Waals surface area contributed by atoms with Crippen molar-refractivity contribution < 1.29 is 14.2 Å². The molecule has 0 atom stereocenters. The number of aliphatic hydroxyl groups is 1. The molecule has 2 N–H and O–H groups in total. The summed E-state index contributed by atoms with van der Waals surface area (Å²) in [5.41, 5.74) is 5.01. The molecule has 1 aliphatic rings. The SMILES string of the molecule is OCCc1ccc(-c2cnc(NCc3c(F)ccc4c3CCO4)n3cncc23)cn1. The molecule has 1 aromatic carbocycles. The van der Waals surface area contributed by atoms with Crippen molar-refractivity contribution in [3.63, 3.8) is 0 Å². The summed E-state index contributed by atoms with van der Waals surface area (Å²) in [7, 11) is 0. The first kappa shape index (κ1) is 18.5. The summed E-state index contributed by atoms with van der Waals surface area (Å²) in [6, 6.07) is 6.98. The van der Waals surface area contributed by atoms with Crippen LogP contribution in [0.3, 0.4) is 0 Å². The quantitative estimate of drug-likeness (QED) is 0.513. The Bertz CT molecular complexity index is 1210. The number of rotatable bonds is 6. The molecule has 8 heteroatoms. The van der Waals surface area contributed by atoms with E-state index in [1.807, 2.05) is 16.5 Å². The topological polar surface area (TPSA) is 84.6 Å². The van der Waals surface area contributed by atoms with E-state index in [2.05, 4.69) is 20.3 Å². The molecule has 0 saturated carbocycles. The van der Waals surface area contributed by atoms with Gasteiger partial charge in [-0.3, -0.25) is 9.38 Å². The zero-order valence-corrected chi connectivity index (χ0v) is 16.2. The Morgan fingerprint density at radius 3 is 2.90 bits per heavy atom. The lowest BCUT2D eigenvalue weighted by Gasteiger charge is -2.13. The van der Waals surface area contributed by atoms with Gasteiger partial charge in [-0.25, -0.2) is 14.4 Å². The van der Waals surface area contributed by atoms with Gasteiger partial charge in [-0.2, -0.15) is 0 Å². The van der Waals surface area contributed by atoms with E-state index >= 15 is 0 Å². The summed E-state index contributed by atoms with van der Waals surface area (Å²) >= 11 is 0. The molecule has 4 aromatic rings. The number of nitrogens with one attached hydrogen (secondary N) is 1. The summed E-state index contributed by atoms with van der Waals surface area (Å²) in [4.78, 5) is 13.2. The third-order valence-corrected chi connectivity index (χ3v) is 5.33. The third-order valence-electron chi connectivity index (χ3n) is 5.33. The van der Waals surface area contributed by atoms with Gasteiger partial charge < -0.3 is 15.2 Å². The zero-order chi connectivity index (χ0) is 20.5. The molecule has 4 heterocycles. The van der Waals surface area contributed by atoms with Crippen molar-refractivity contribution in [2.45, 2.75) is 19.4 Å². The number of imidazole rings is 1. The van der Waals surface area contributed by atoms with Gasteiger partial charge in [-0.15, -0.1) is 0 Å². The molecule has 0 fully saturated rings.